The number of carbonyl (C=O) groups is 2. The third-order valence-corrected chi connectivity index (χ3v) is 5.19. The summed E-state index contributed by atoms with van der Waals surface area (Å²) in [5, 5.41) is 10.3. The van der Waals surface area contributed by atoms with Crippen molar-refractivity contribution in [3.8, 4) is 0 Å². The zero-order valence-corrected chi connectivity index (χ0v) is 15.4. The number of carbonyl (C=O) groups excluding carboxylic acids is 2. The lowest BCUT2D eigenvalue weighted by atomic mass is 10.2. The molecule has 0 aliphatic carbocycles. The maximum absolute atomic E-state index is 12.5. The second kappa shape index (κ2) is 7.33. The van der Waals surface area contributed by atoms with Crippen LogP contribution in [0.15, 0.2) is 50.5 Å². The van der Waals surface area contributed by atoms with Crippen molar-refractivity contribution in [1.82, 2.24) is 15.2 Å². The molecule has 27 heavy (non-hydrogen) atoms. The predicted molar refractivity (Wildman–Crippen MR) is 104 cm³/mol. The normalized spacial score (nSPS) is 15.9. The molecule has 1 aliphatic rings. The van der Waals surface area contributed by atoms with E-state index < -0.39 is 0 Å². The van der Waals surface area contributed by atoms with Gasteiger partial charge < -0.3 is 9.73 Å². The van der Waals surface area contributed by atoms with Gasteiger partial charge in [-0.25, -0.2) is 4.63 Å². The summed E-state index contributed by atoms with van der Waals surface area (Å²) in [6.45, 7) is 0.180. The molecule has 0 unspecified atom stereocenters. The standard InChI is InChI=1S/C17H12N4O4S2/c22-14(18-11-4-1-5-12-15(11)20-25-19-12)6-7-21-16(23)13(27-17(21)26)9-10-3-2-8-24-10/h1-5,8-9H,6-7H2,(H,18,22). The van der Waals surface area contributed by atoms with Crippen LogP contribution in [-0.4, -0.2) is 37.9 Å². The summed E-state index contributed by atoms with van der Waals surface area (Å²) in [6, 6.07) is 8.66. The number of hydrogen-bond donors (Lipinski definition) is 1. The first kappa shape index (κ1) is 17.4. The van der Waals surface area contributed by atoms with E-state index in [1.807, 2.05) is 0 Å². The molecule has 3 aromatic rings. The molecule has 0 bridgehead atoms. The third-order valence-electron chi connectivity index (χ3n) is 3.81. The molecular formula is C17H12N4O4S2. The van der Waals surface area contributed by atoms with Gasteiger partial charge >= 0.3 is 0 Å². The molecule has 4 rings (SSSR count). The molecule has 0 atom stereocenters. The van der Waals surface area contributed by atoms with E-state index in [2.05, 4.69) is 20.3 Å². The number of furan rings is 1. The van der Waals surface area contributed by atoms with E-state index in [9.17, 15) is 9.59 Å². The van der Waals surface area contributed by atoms with E-state index in [-0.39, 0.29) is 24.8 Å². The molecule has 0 radical (unpaired) electrons. The number of hydrogen-bond acceptors (Lipinski definition) is 8. The van der Waals surface area contributed by atoms with Crippen LogP contribution in [0.3, 0.4) is 0 Å². The van der Waals surface area contributed by atoms with Gasteiger partial charge in [-0.05, 0) is 34.6 Å². The number of thiocarbonyl (C=S) groups is 1. The van der Waals surface area contributed by atoms with Crippen LogP contribution in [0.4, 0.5) is 5.69 Å². The van der Waals surface area contributed by atoms with Crippen molar-refractivity contribution in [2.45, 2.75) is 6.42 Å². The van der Waals surface area contributed by atoms with Gasteiger partial charge in [0.15, 0.2) is 5.52 Å². The Morgan fingerprint density at radius 2 is 2.19 bits per heavy atom. The van der Waals surface area contributed by atoms with Crippen LogP contribution in [-0.2, 0) is 9.59 Å². The summed E-state index contributed by atoms with van der Waals surface area (Å²) in [7, 11) is 0. The summed E-state index contributed by atoms with van der Waals surface area (Å²) in [5.41, 5.74) is 1.52. The van der Waals surface area contributed by atoms with Crippen LogP contribution in [0.25, 0.3) is 17.1 Å². The number of amides is 2. The lowest BCUT2D eigenvalue weighted by Crippen LogP contribution is -2.31. The lowest BCUT2D eigenvalue weighted by molar-refractivity contribution is -0.122. The van der Waals surface area contributed by atoms with Gasteiger partial charge in [-0.15, -0.1) is 0 Å². The Morgan fingerprint density at radius 3 is 3.00 bits per heavy atom. The monoisotopic (exact) mass is 400 g/mol. The van der Waals surface area contributed by atoms with Crippen LogP contribution in [0, 0.1) is 0 Å². The molecule has 0 spiro atoms. The van der Waals surface area contributed by atoms with Crippen molar-refractivity contribution in [2.24, 2.45) is 0 Å². The summed E-state index contributed by atoms with van der Waals surface area (Å²) in [6.07, 6.45) is 3.25. The van der Waals surface area contributed by atoms with E-state index in [1.165, 1.54) is 22.9 Å². The van der Waals surface area contributed by atoms with E-state index in [0.717, 1.165) is 0 Å². The number of rotatable bonds is 5. The number of aromatic nitrogens is 2. The first-order chi connectivity index (χ1) is 13.1. The zero-order valence-electron chi connectivity index (χ0n) is 13.7. The second-order valence-electron chi connectivity index (χ2n) is 5.58. The average molecular weight is 400 g/mol. The highest BCUT2D eigenvalue weighted by molar-refractivity contribution is 8.26. The lowest BCUT2D eigenvalue weighted by Gasteiger charge is -2.14. The summed E-state index contributed by atoms with van der Waals surface area (Å²) in [4.78, 5) is 26.7. The fourth-order valence-electron chi connectivity index (χ4n) is 2.53. The van der Waals surface area contributed by atoms with Crippen molar-refractivity contribution in [1.29, 1.82) is 0 Å². The van der Waals surface area contributed by atoms with Gasteiger partial charge in [0.2, 0.25) is 5.91 Å². The molecular weight excluding hydrogens is 388 g/mol. The van der Waals surface area contributed by atoms with Gasteiger partial charge in [-0.3, -0.25) is 14.5 Å². The Kier molecular flexibility index (Phi) is 4.73. The van der Waals surface area contributed by atoms with Gasteiger partial charge in [0.25, 0.3) is 5.91 Å². The molecule has 8 nitrogen and oxygen atoms in total. The largest absolute Gasteiger partial charge is 0.465 e. The van der Waals surface area contributed by atoms with Crippen LogP contribution >= 0.6 is 24.0 Å². The Balaban J connectivity index is 1.39. The second-order valence-corrected chi connectivity index (χ2v) is 7.26. The highest BCUT2D eigenvalue weighted by Gasteiger charge is 2.32. The number of nitrogens with zero attached hydrogens (tertiary/aromatic N) is 3. The van der Waals surface area contributed by atoms with E-state index in [4.69, 9.17) is 16.6 Å². The predicted octanol–water partition coefficient (Wildman–Crippen LogP) is 3.05. The Bertz CT molecular complexity index is 1060. The summed E-state index contributed by atoms with van der Waals surface area (Å²) >= 11 is 6.44. The maximum atomic E-state index is 12.5. The SMILES string of the molecule is O=C(CCN1C(=O)C(=Cc2ccco2)SC1=S)Nc1cccc2nonc12. The minimum absolute atomic E-state index is 0.0855. The van der Waals surface area contributed by atoms with Crippen LogP contribution in [0.5, 0.6) is 0 Å². The molecule has 2 aromatic heterocycles. The highest BCUT2D eigenvalue weighted by Crippen LogP contribution is 2.32. The molecule has 1 aliphatic heterocycles. The molecule has 2 amide bonds. The van der Waals surface area contributed by atoms with E-state index in [0.29, 0.717) is 31.7 Å². The Morgan fingerprint density at radius 1 is 1.30 bits per heavy atom. The molecule has 1 N–H and O–H groups in total. The van der Waals surface area contributed by atoms with E-state index >= 15 is 0 Å². The Labute approximate surface area is 162 Å². The number of anilines is 1. The average Bonchev–Trinajstić information content (AvgIpc) is 3.37. The fourth-order valence-corrected chi connectivity index (χ4v) is 3.82. The minimum Gasteiger partial charge on any atom is -0.465 e. The van der Waals surface area contributed by atoms with Crippen molar-refractivity contribution >= 4 is 62.9 Å². The van der Waals surface area contributed by atoms with Gasteiger partial charge in [0.1, 0.15) is 15.6 Å². The third kappa shape index (κ3) is 3.62. The quantitative estimate of drug-likeness (QED) is 0.515. The summed E-state index contributed by atoms with van der Waals surface area (Å²) < 4.78 is 10.3. The van der Waals surface area contributed by atoms with Crippen LogP contribution in [0.2, 0.25) is 0 Å². The van der Waals surface area contributed by atoms with Crippen molar-refractivity contribution in [3.05, 3.63) is 47.3 Å². The van der Waals surface area contributed by atoms with Gasteiger partial charge in [0, 0.05) is 19.0 Å². The molecule has 136 valence electrons. The number of thioether (sulfide) groups is 1. The molecule has 1 saturated heterocycles. The van der Waals surface area contributed by atoms with Crippen molar-refractivity contribution in [2.75, 3.05) is 11.9 Å². The highest BCUT2D eigenvalue weighted by atomic mass is 32.2. The smallest absolute Gasteiger partial charge is 0.266 e. The number of benzene rings is 1. The number of nitrogens with one attached hydrogen (secondary N) is 1. The molecule has 3 heterocycles. The van der Waals surface area contributed by atoms with Gasteiger partial charge in [-0.2, -0.15) is 0 Å². The van der Waals surface area contributed by atoms with Gasteiger partial charge in [-0.1, -0.05) is 30.0 Å². The first-order valence-electron chi connectivity index (χ1n) is 7.92. The Hall–Kier alpha value is -2.98. The fraction of sp³-hybridized carbons (Fsp3) is 0.118. The van der Waals surface area contributed by atoms with Crippen molar-refractivity contribution < 1.29 is 18.6 Å². The van der Waals surface area contributed by atoms with Crippen molar-refractivity contribution in [3.63, 3.8) is 0 Å². The maximum Gasteiger partial charge on any atom is 0.266 e. The molecule has 1 aromatic carbocycles. The minimum atomic E-state index is -0.269. The molecule has 1 fully saturated rings. The first-order valence-corrected chi connectivity index (χ1v) is 9.14. The number of fused-ring (bicyclic) bond motifs is 1. The van der Waals surface area contributed by atoms with Crippen LogP contribution in [0.1, 0.15) is 12.2 Å². The summed E-state index contributed by atoms with van der Waals surface area (Å²) in [5.74, 6) is 0.0640. The topological polar surface area (TPSA) is 101 Å². The zero-order chi connectivity index (χ0) is 18.8. The van der Waals surface area contributed by atoms with E-state index in [1.54, 1.807) is 36.4 Å². The van der Waals surface area contributed by atoms with Crippen LogP contribution < -0.4 is 5.32 Å². The molecule has 10 heteroatoms. The van der Waals surface area contributed by atoms with Gasteiger partial charge in [0.05, 0.1) is 16.9 Å². The molecule has 0 saturated carbocycles.